The van der Waals surface area contributed by atoms with Gasteiger partial charge in [-0.1, -0.05) is 37.3 Å². The zero-order valence-electron chi connectivity index (χ0n) is 13.6. The zero-order valence-corrected chi connectivity index (χ0v) is 14.4. The van der Waals surface area contributed by atoms with Crippen molar-refractivity contribution in [3.8, 4) is 0 Å². The van der Waals surface area contributed by atoms with Crippen LogP contribution in [0.15, 0.2) is 64.5 Å². The molecular weight excluding hydrogens is 324 g/mol. The predicted molar refractivity (Wildman–Crippen MR) is 97.6 cm³/mol. The third kappa shape index (κ3) is 5.36. The van der Waals surface area contributed by atoms with Crippen LogP contribution in [0.3, 0.4) is 0 Å². The van der Waals surface area contributed by atoms with Gasteiger partial charge in [-0.15, -0.1) is 0 Å². The molecule has 0 radical (unpaired) electrons. The first-order valence-electron chi connectivity index (χ1n) is 7.72. The van der Waals surface area contributed by atoms with Crippen molar-refractivity contribution in [3.05, 3.63) is 60.2 Å². The van der Waals surface area contributed by atoms with Crippen molar-refractivity contribution in [1.82, 2.24) is 4.72 Å². The molecule has 128 valence electrons. The highest BCUT2D eigenvalue weighted by Gasteiger charge is 2.11. The number of rotatable bonds is 7. The topological polar surface area (TPSA) is 96.6 Å². The number of hydrogen-bond acceptors (Lipinski definition) is 3. The third-order valence-electron chi connectivity index (χ3n) is 3.37. The minimum absolute atomic E-state index is 0.175. The van der Waals surface area contributed by atoms with Gasteiger partial charge in [-0.2, -0.15) is 0 Å². The molecule has 4 N–H and O–H groups in total. The Morgan fingerprint density at radius 3 is 2.38 bits per heavy atom. The molecule has 0 aromatic heterocycles. The van der Waals surface area contributed by atoms with Gasteiger partial charge in [0.25, 0.3) is 0 Å². The van der Waals surface area contributed by atoms with E-state index in [1.807, 2.05) is 24.3 Å². The predicted octanol–water partition coefficient (Wildman–Crippen LogP) is 1.95. The van der Waals surface area contributed by atoms with Crippen molar-refractivity contribution < 1.29 is 8.42 Å². The maximum Gasteiger partial charge on any atom is 0.240 e. The van der Waals surface area contributed by atoms with Crippen molar-refractivity contribution in [2.45, 2.75) is 18.2 Å². The van der Waals surface area contributed by atoms with Crippen molar-refractivity contribution in [3.63, 3.8) is 0 Å². The van der Waals surface area contributed by atoms with Gasteiger partial charge >= 0.3 is 0 Å². The molecule has 0 amide bonds. The fraction of sp³-hybridized carbons (Fsp3) is 0.235. The van der Waals surface area contributed by atoms with Gasteiger partial charge in [-0.05, 0) is 36.2 Å². The zero-order chi connectivity index (χ0) is 17.4. The second-order valence-electron chi connectivity index (χ2n) is 5.15. The van der Waals surface area contributed by atoms with E-state index in [0.29, 0.717) is 0 Å². The third-order valence-corrected chi connectivity index (χ3v) is 4.85. The Morgan fingerprint density at radius 1 is 1.08 bits per heavy atom. The second kappa shape index (κ2) is 8.47. The summed E-state index contributed by atoms with van der Waals surface area (Å²) in [4.78, 5) is 4.35. The van der Waals surface area contributed by atoms with Crippen LogP contribution in [0.2, 0.25) is 0 Å². The van der Waals surface area contributed by atoms with Gasteiger partial charge in [0, 0.05) is 12.2 Å². The van der Waals surface area contributed by atoms with Gasteiger partial charge in [0.15, 0.2) is 5.96 Å². The van der Waals surface area contributed by atoms with Gasteiger partial charge in [-0.25, -0.2) is 13.1 Å². The average Bonchev–Trinajstić information content (AvgIpc) is 2.60. The van der Waals surface area contributed by atoms with Crippen LogP contribution < -0.4 is 15.8 Å². The molecular formula is C17H22N4O2S. The van der Waals surface area contributed by atoms with E-state index in [1.165, 1.54) is 5.56 Å². The molecule has 0 heterocycles. The molecule has 0 aliphatic carbocycles. The van der Waals surface area contributed by atoms with E-state index in [1.54, 1.807) is 30.3 Å². The molecule has 2 rings (SSSR count). The number of benzene rings is 2. The molecule has 0 bridgehead atoms. The molecule has 0 saturated carbocycles. The Labute approximate surface area is 142 Å². The lowest BCUT2D eigenvalue weighted by atomic mass is 10.1. The summed E-state index contributed by atoms with van der Waals surface area (Å²) >= 11 is 0. The lowest BCUT2D eigenvalue weighted by Gasteiger charge is -2.07. The van der Waals surface area contributed by atoms with Crippen molar-refractivity contribution in [2.75, 3.05) is 18.4 Å². The van der Waals surface area contributed by atoms with E-state index in [4.69, 9.17) is 5.73 Å². The fourth-order valence-corrected chi connectivity index (χ4v) is 3.09. The summed E-state index contributed by atoms with van der Waals surface area (Å²) < 4.78 is 26.5. The Bertz CT molecular complexity index is 772. The Balaban J connectivity index is 1.82. The summed E-state index contributed by atoms with van der Waals surface area (Å²) in [7, 11) is -3.51. The SMILES string of the molecule is CCc1ccc(NC(N)=NCCNS(=O)(=O)c2ccccc2)cc1. The molecule has 6 nitrogen and oxygen atoms in total. The van der Waals surface area contributed by atoms with Crippen LogP contribution >= 0.6 is 0 Å². The number of anilines is 1. The number of hydrogen-bond donors (Lipinski definition) is 3. The number of aryl methyl sites for hydroxylation is 1. The van der Waals surface area contributed by atoms with E-state index < -0.39 is 10.0 Å². The van der Waals surface area contributed by atoms with E-state index in [0.717, 1.165) is 12.1 Å². The van der Waals surface area contributed by atoms with Crippen LogP contribution in [0, 0.1) is 0 Å². The van der Waals surface area contributed by atoms with E-state index in [9.17, 15) is 8.42 Å². The lowest BCUT2D eigenvalue weighted by Crippen LogP contribution is -2.28. The van der Waals surface area contributed by atoms with Crippen LogP contribution in [0.4, 0.5) is 5.69 Å². The first-order chi connectivity index (χ1) is 11.5. The molecule has 0 aliphatic rings. The van der Waals surface area contributed by atoms with Crippen LogP contribution in [0.25, 0.3) is 0 Å². The normalized spacial score (nSPS) is 12.1. The van der Waals surface area contributed by atoms with E-state index >= 15 is 0 Å². The summed E-state index contributed by atoms with van der Waals surface area (Å²) in [5.74, 6) is 0.248. The molecule has 7 heteroatoms. The Morgan fingerprint density at radius 2 is 1.75 bits per heavy atom. The monoisotopic (exact) mass is 346 g/mol. The molecule has 0 fully saturated rings. The number of aliphatic imine (C=N–C) groups is 1. The summed E-state index contributed by atoms with van der Waals surface area (Å²) in [6.45, 7) is 2.51. The van der Waals surface area contributed by atoms with Crippen LogP contribution in [-0.4, -0.2) is 27.5 Å². The van der Waals surface area contributed by atoms with E-state index in [2.05, 4.69) is 22.0 Å². The minimum atomic E-state index is -3.51. The maximum atomic E-state index is 12.0. The fourth-order valence-electron chi connectivity index (χ4n) is 2.05. The summed E-state index contributed by atoms with van der Waals surface area (Å²) in [5.41, 5.74) is 7.89. The first-order valence-corrected chi connectivity index (χ1v) is 9.20. The Hall–Kier alpha value is -2.38. The van der Waals surface area contributed by atoms with Gasteiger partial charge in [0.2, 0.25) is 10.0 Å². The molecule has 0 saturated heterocycles. The first kappa shape index (κ1) is 18.0. The number of nitrogens with two attached hydrogens (primary N) is 1. The summed E-state index contributed by atoms with van der Waals surface area (Å²) in [5, 5.41) is 2.97. The second-order valence-corrected chi connectivity index (χ2v) is 6.92. The van der Waals surface area contributed by atoms with Crippen molar-refractivity contribution in [1.29, 1.82) is 0 Å². The number of guanidine groups is 1. The standard InChI is InChI=1S/C17H22N4O2S/c1-2-14-8-10-15(11-9-14)21-17(18)19-12-13-20-24(22,23)16-6-4-3-5-7-16/h3-11,20H,2,12-13H2,1H3,(H3,18,19,21). The minimum Gasteiger partial charge on any atom is -0.370 e. The number of sulfonamides is 1. The maximum absolute atomic E-state index is 12.0. The highest BCUT2D eigenvalue weighted by Crippen LogP contribution is 2.09. The van der Waals surface area contributed by atoms with Crippen molar-refractivity contribution in [2.24, 2.45) is 10.7 Å². The Kier molecular flexibility index (Phi) is 6.34. The highest BCUT2D eigenvalue weighted by atomic mass is 32.2. The largest absolute Gasteiger partial charge is 0.370 e. The smallest absolute Gasteiger partial charge is 0.240 e. The summed E-state index contributed by atoms with van der Waals surface area (Å²) in [6, 6.07) is 16.1. The number of nitrogens with zero attached hydrogens (tertiary/aromatic N) is 1. The molecule has 0 atom stereocenters. The summed E-state index contributed by atoms with van der Waals surface area (Å²) in [6.07, 6.45) is 0.978. The van der Waals surface area contributed by atoms with Crippen molar-refractivity contribution >= 4 is 21.7 Å². The molecule has 2 aromatic rings. The van der Waals surface area contributed by atoms with Crippen LogP contribution in [0.1, 0.15) is 12.5 Å². The van der Waals surface area contributed by atoms with Gasteiger partial charge in [0.1, 0.15) is 0 Å². The quantitative estimate of drug-likeness (QED) is 0.405. The van der Waals surface area contributed by atoms with Crippen LogP contribution in [-0.2, 0) is 16.4 Å². The van der Waals surface area contributed by atoms with E-state index in [-0.39, 0.29) is 23.9 Å². The average molecular weight is 346 g/mol. The van der Waals surface area contributed by atoms with Gasteiger partial charge in [-0.3, -0.25) is 4.99 Å². The van der Waals surface area contributed by atoms with Gasteiger partial charge < -0.3 is 11.1 Å². The molecule has 2 aromatic carbocycles. The van der Waals surface area contributed by atoms with Crippen LogP contribution in [0.5, 0.6) is 0 Å². The molecule has 0 spiro atoms. The molecule has 24 heavy (non-hydrogen) atoms. The van der Waals surface area contributed by atoms with Gasteiger partial charge in [0.05, 0.1) is 11.4 Å². The highest BCUT2D eigenvalue weighted by molar-refractivity contribution is 7.89. The molecule has 0 unspecified atom stereocenters. The molecule has 0 aliphatic heterocycles. The lowest BCUT2D eigenvalue weighted by molar-refractivity contribution is 0.582. The number of nitrogens with one attached hydrogen (secondary N) is 2.